The molecule has 84 valence electrons. The Balaban J connectivity index is 2.09. The summed E-state index contributed by atoms with van der Waals surface area (Å²) < 4.78 is 0.951. The minimum absolute atomic E-state index is 0.441. The van der Waals surface area contributed by atoms with E-state index in [0.717, 1.165) is 21.5 Å². The third-order valence-corrected chi connectivity index (χ3v) is 2.71. The molecule has 1 aromatic heterocycles. The number of nitrogens with one attached hydrogen (secondary N) is 1. The van der Waals surface area contributed by atoms with Gasteiger partial charge in [0.05, 0.1) is 12.5 Å². The zero-order valence-electron chi connectivity index (χ0n) is 9.02. The van der Waals surface area contributed by atoms with Gasteiger partial charge in [-0.3, -0.25) is 0 Å². The lowest BCUT2D eigenvalue weighted by atomic mass is 10.1. The highest BCUT2D eigenvalue weighted by Gasteiger charge is 1.96. The van der Waals surface area contributed by atoms with Gasteiger partial charge in [0, 0.05) is 16.4 Å². The number of benzene rings is 1. The Morgan fingerprint density at radius 2 is 1.94 bits per heavy atom. The highest BCUT2D eigenvalue weighted by atomic mass is 79.9. The Kier molecular flexibility index (Phi) is 3.73. The summed E-state index contributed by atoms with van der Waals surface area (Å²) in [6, 6.07) is 13.7. The van der Waals surface area contributed by atoms with Gasteiger partial charge in [-0.15, -0.1) is 0 Å². The maximum atomic E-state index is 8.57. The summed E-state index contributed by atoms with van der Waals surface area (Å²) in [5, 5.41) is 11.8. The number of hydrogen-bond acceptors (Lipinski definition) is 3. The monoisotopic (exact) mass is 287 g/mol. The van der Waals surface area contributed by atoms with Crippen LogP contribution in [0.5, 0.6) is 0 Å². The Morgan fingerprint density at radius 3 is 2.53 bits per heavy atom. The maximum absolute atomic E-state index is 8.57. The Morgan fingerprint density at radius 1 is 1.18 bits per heavy atom. The molecule has 0 spiro atoms. The second-order valence-corrected chi connectivity index (χ2v) is 4.43. The smallest absolute Gasteiger partial charge is 0.130 e. The van der Waals surface area contributed by atoms with Crippen molar-refractivity contribution < 1.29 is 0 Å². The van der Waals surface area contributed by atoms with Crippen molar-refractivity contribution in [1.82, 2.24) is 4.98 Å². The van der Waals surface area contributed by atoms with E-state index in [0.29, 0.717) is 6.42 Å². The molecule has 0 saturated carbocycles. The van der Waals surface area contributed by atoms with E-state index in [1.54, 1.807) is 6.20 Å². The summed E-state index contributed by atoms with van der Waals surface area (Å²) in [6.07, 6.45) is 2.18. The van der Waals surface area contributed by atoms with Crippen molar-refractivity contribution in [3.8, 4) is 6.07 Å². The zero-order valence-corrected chi connectivity index (χ0v) is 10.6. The van der Waals surface area contributed by atoms with Gasteiger partial charge in [0.1, 0.15) is 5.82 Å². The van der Waals surface area contributed by atoms with E-state index in [2.05, 4.69) is 32.3 Å². The van der Waals surface area contributed by atoms with E-state index < -0.39 is 0 Å². The molecule has 0 amide bonds. The van der Waals surface area contributed by atoms with E-state index in [1.165, 1.54) is 0 Å². The van der Waals surface area contributed by atoms with Gasteiger partial charge in [-0.25, -0.2) is 4.98 Å². The zero-order chi connectivity index (χ0) is 12.1. The van der Waals surface area contributed by atoms with Gasteiger partial charge >= 0.3 is 0 Å². The second-order valence-electron chi connectivity index (χ2n) is 3.52. The summed E-state index contributed by atoms with van der Waals surface area (Å²) in [7, 11) is 0. The molecule has 1 heterocycles. The van der Waals surface area contributed by atoms with Gasteiger partial charge < -0.3 is 5.32 Å². The van der Waals surface area contributed by atoms with Crippen LogP contribution in [0.25, 0.3) is 0 Å². The molecule has 0 saturated heterocycles. The van der Waals surface area contributed by atoms with Crippen LogP contribution in [-0.2, 0) is 6.42 Å². The average molecular weight is 288 g/mol. The Bertz CT molecular complexity index is 526. The molecule has 2 rings (SSSR count). The van der Waals surface area contributed by atoms with Crippen molar-refractivity contribution >= 4 is 27.4 Å². The molecule has 1 aromatic carbocycles. The van der Waals surface area contributed by atoms with Crippen molar-refractivity contribution in [3.63, 3.8) is 0 Å². The standard InChI is InChI=1S/C13H10BrN3/c14-11-3-6-13(16-9-11)17-12-4-1-10(2-5-12)7-8-15/h1-6,9H,7H2,(H,16,17). The molecular formula is C13H10BrN3. The topological polar surface area (TPSA) is 48.7 Å². The molecule has 17 heavy (non-hydrogen) atoms. The molecule has 4 heteroatoms. The summed E-state index contributed by atoms with van der Waals surface area (Å²) in [4.78, 5) is 4.22. The Hall–Kier alpha value is -1.86. The van der Waals surface area contributed by atoms with E-state index in [1.807, 2.05) is 36.4 Å². The molecule has 0 aliphatic rings. The molecule has 0 unspecified atom stereocenters. The number of hydrogen-bond donors (Lipinski definition) is 1. The minimum atomic E-state index is 0.441. The first-order chi connectivity index (χ1) is 8.28. The first kappa shape index (κ1) is 11.6. The van der Waals surface area contributed by atoms with E-state index in [9.17, 15) is 0 Å². The van der Waals surface area contributed by atoms with Crippen LogP contribution in [0.4, 0.5) is 11.5 Å². The van der Waals surface area contributed by atoms with Gasteiger partial charge in [0.2, 0.25) is 0 Å². The van der Waals surface area contributed by atoms with Crippen LogP contribution in [0.1, 0.15) is 5.56 Å². The number of nitriles is 1. The molecule has 0 atom stereocenters. The van der Waals surface area contributed by atoms with Crippen LogP contribution >= 0.6 is 15.9 Å². The maximum Gasteiger partial charge on any atom is 0.130 e. The molecule has 3 nitrogen and oxygen atoms in total. The highest BCUT2D eigenvalue weighted by Crippen LogP contribution is 2.17. The number of nitrogens with zero attached hydrogens (tertiary/aromatic N) is 2. The van der Waals surface area contributed by atoms with E-state index in [4.69, 9.17) is 5.26 Å². The lowest BCUT2D eigenvalue weighted by Gasteiger charge is -2.05. The predicted octanol–water partition coefficient (Wildman–Crippen LogP) is 3.65. The van der Waals surface area contributed by atoms with Crippen LogP contribution in [0, 0.1) is 11.3 Å². The number of aromatic nitrogens is 1. The average Bonchev–Trinajstić information content (AvgIpc) is 2.35. The fourth-order valence-electron chi connectivity index (χ4n) is 1.39. The molecule has 2 aromatic rings. The number of rotatable bonds is 3. The van der Waals surface area contributed by atoms with Gasteiger partial charge in [-0.1, -0.05) is 12.1 Å². The van der Waals surface area contributed by atoms with Crippen LogP contribution < -0.4 is 5.32 Å². The largest absolute Gasteiger partial charge is 0.340 e. The van der Waals surface area contributed by atoms with Crippen LogP contribution in [0.3, 0.4) is 0 Å². The molecule has 0 radical (unpaired) electrons. The SMILES string of the molecule is N#CCc1ccc(Nc2ccc(Br)cn2)cc1. The fourth-order valence-corrected chi connectivity index (χ4v) is 1.63. The third kappa shape index (κ3) is 3.30. The normalized spacial score (nSPS) is 9.65. The van der Waals surface area contributed by atoms with Crippen molar-refractivity contribution in [2.45, 2.75) is 6.42 Å². The lowest BCUT2D eigenvalue weighted by Crippen LogP contribution is -1.93. The molecule has 0 aliphatic heterocycles. The van der Waals surface area contributed by atoms with Gasteiger partial charge in [-0.05, 0) is 45.8 Å². The number of anilines is 2. The van der Waals surface area contributed by atoms with Crippen LogP contribution in [0.15, 0.2) is 47.1 Å². The lowest BCUT2D eigenvalue weighted by molar-refractivity contribution is 1.25. The number of halogens is 1. The van der Waals surface area contributed by atoms with Crippen LogP contribution in [-0.4, -0.2) is 4.98 Å². The summed E-state index contributed by atoms with van der Waals surface area (Å²) in [5.41, 5.74) is 1.98. The summed E-state index contributed by atoms with van der Waals surface area (Å²) in [5.74, 6) is 0.793. The molecule has 0 aliphatic carbocycles. The number of pyridine rings is 1. The quantitative estimate of drug-likeness (QED) is 0.937. The minimum Gasteiger partial charge on any atom is -0.340 e. The molecular weight excluding hydrogens is 278 g/mol. The van der Waals surface area contributed by atoms with Gasteiger partial charge in [0.25, 0.3) is 0 Å². The van der Waals surface area contributed by atoms with Crippen molar-refractivity contribution in [2.24, 2.45) is 0 Å². The molecule has 1 N–H and O–H groups in total. The summed E-state index contributed by atoms with van der Waals surface area (Å²) >= 11 is 3.34. The van der Waals surface area contributed by atoms with Gasteiger partial charge in [0.15, 0.2) is 0 Å². The molecule has 0 fully saturated rings. The highest BCUT2D eigenvalue weighted by molar-refractivity contribution is 9.10. The predicted molar refractivity (Wildman–Crippen MR) is 71.0 cm³/mol. The first-order valence-corrected chi connectivity index (χ1v) is 5.92. The van der Waals surface area contributed by atoms with Crippen molar-refractivity contribution in [1.29, 1.82) is 5.26 Å². The van der Waals surface area contributed by atoms with E-state index in [-0.39, 0.29) is 0 Å². The van der Waals surface area contributed by atoms with E-state index >= 15 is 0 Å². The Labute approximate surface area is 108 Å². The van der Waals surface area contributed by atoms with Crippen molar-refractivity contribution in [3.05, 3.63) is 52.6 Å². The summed E-state index contributed by atoms with van der Waals surface area (Å²) in [6.45, 7) is 0. The van der Waals surface area contributed by atoms with Gasteiger partial charge in [-0.2, -0.15) is 5.26 Å². The molecule has 0 bridgehead atoms. The van der Waals surface area contributed by atoms with Crippen molar-refractivity contribution in [2.75, 3.05) is 5.32 Å². The first-order valence-electron chi connectivity index (χ1n) is 5.12. The third-order valence-electron chi connectivity index (χ3n) is 2.24. The fraction of sp³-hybridized carbons (Fsp3) is 0.0769. The van der Waals surface area contributed by atoms with Crippen LogP contribution in [0.2, 0.25) is 0 Å². The second kappa shape index (κ2) is 5.46.